The van der Waals surface area contributed by atoms with E-state index >= 15 is 0 Å². The maximum atomic E-state index is 2.56. The Labute approximate surface area is 288 Å². The summed E-state index contributed by atoms with van der Waals surface area (Å²) in [6, 6.07) is 51.4. The molecule has 1 heteroatoms. The number of rotatable bonds is 2. The summed E-state index contributed by atoms with van der Waals surface area (Å²) in [5.41, 5.74) is 13.1. The quantitative estimate of drug-likeness (QED) is 0.182. The van der Waals surface area contributed by atoms with E-state index in [0.717, 1.165) is 0 Å². The molecule has 0 N–H and O–H groups in total. The third-order valence-corrected chi connectivity index (χ3v) is 12.0. The van der Waals surface area contributed by atoms with Gasteiger partial charge in [0.05, 0.1) is 5.41 Å². The van der Waals surface area contributed by atoms with E-state index in [1.165, 1.54) is 87.0 Å². The molecule has 0 bridgehead atoms. The Morgan fingerprint density at radius 1 is 0.458 bits per heavy atom. The first kappa shape index (κ1) is 29.5. The smallest absolute Gasteiger partial charge is 0.0714 e. The SMILES string of the molecule is CC(C)(C)c1ccc(C2(c3ccc(C(C)(C)C)cc3)c3cc4c(cc3-c3c2ccc2ccccc32)Sc2cccc3cccc-4c23)cc1. The average Bonchev–Trinajstić information content (AvgIpc) is 3.37. The summed E-state index contributed by atoms with van der Waals surface area (Å²) in [5.74, 6) is 0. The van der Waals surface area contributed by atoms with E-state index in [-0.39, 0.29) is 10.8 Å². The molecule has 234 valence electrons. The van der Waals surface area contributed by atoms with Crippen LogP contribution in [0.25, 0.3) is 43.8 Å². The van der Waals surface area contributed by atoms with Crippen LogP contribution in [0.4, 0.5) is 0 Å². The lowest BCUT2D eigenvalue weighted by Gasteiger charge is -2.35. The molecule has 2 aliphatic rings. The van der Waals surface area contributed by atoms with Gasteiger partial charge in [0, 0.05) is 15.2 Å². The van der Waals surface area contributed by atoms with Crippen LogP contribution in [0.3, 0.4) is 0 Å². The van der Waals surface area contributed by atoms with Crippen LogP contribution in [-0.2, 0) is 16.2 Å². The van der Waals surface area contributed by atoms with Gasteiger partial charge >= 0.3 is 0 Å². The molecular weight excluding hydrogens is 597 g/mol. The largest absolute Gasteiger partial charge is 0.0888 e. The van der Waals surface area contributed by atoms with Crippen molar-refractivity contribution < 1.29 is 0 Å². The van der Waals surface area contributed by atoms with Gasteiger partial charge in [-0.05, 0) is 101 Å². The molecule has 7 aromatic carbocycles. The van der Waals surface area contributed by atoms with Gasteiger partial charge < -0.3 is 0 Å². The maximum absolute atomic E-state index is 2.56. The predicted molar refractivity (Wildman–Crippen MR) is 206 cm³/mol. The van der Waals surface area contributed by atoms with Crippen LogP contribution in [0, 0.1) is 0 Å². The monoisotopic (exact) mass is 636 g/mol. The summed E-state index contributed by atoms with van der Waals surface area (Å²) < 4.78 is 0. The molecule has 0 unspecified atom stereocenters. The van der Waals surface area contributed by atoms with E-state index in [1.54, 1.807) is 0 Å². The minimum atomic E-state index is -0.480. The Morgan fingerprint density at radius 3 is 1.71 bits per heavy atom. The first-order valence-corrected chi connectivity index (χ1v) is 18.0. The van der Waals surface area contributed by atoms with Crippen LogP contribution in [0.5, 0.6) is 0 Å². The van der Waals surface area contributed by atoms with Crippen LogP contribution in [-0.4, -0.2) is 0 Å². The first-order valence-electron chi connectivity index (χ1n) is 17.2. The van der Waals surface area contributed by atoms with Gasteiger partial charge in [0.2, 0.25) is 0 Å². The summed E-state index contributed by atoms with van der Waals surface area (Å²) >= 11 is 1.92. The Kier molecular flexibility index (Phi) is 6.28. The van der Waals surface area contributed by atoms with Gasteiger partial charge in [-0.25, -0.2) is 0 Å². The molecule has 1 heterocycles. The van der Waals surface area contributed by atoms with E-state index in [2.05, 4.69) is 175 Å². The standard InChI is InChI=1S/C47H40S/c1-45(2,3)31-18-22-33(23-19-31)47(34-24-20-32(21-25-34)46(4,5)6)39-26-17-29-11-7-8-14-35(29)44(39)38-28-42-37(27-40(38)47)36-15-9-12-30-13-10-16-41(48-42)43(30)36/h7-28H,1-6H3. The van der Waals surface area contributed by atoms with Gasteiger partial charge in [-0.1, -0.05) is 169 Å². The molecule has 0 radical (unpaired) electrons. The highest BCUT2D eigenvalue weighted by Crippen LogP contribution is 2.61. The molecule has 0 amide bonds. The molecule has 9 rings (SSSR count). The number of benzene rings is 7. The van der Waals surface area contributed by atoms with Gasteiger partial charge in [-0.3, -0.25) is 0 Å². The van der Waals surface area contributed by atoms with Crippen molar-refractivity contribution in [2.45, 2.75) is 67.6 Å². The third-order valence-electron chi connectivity index (χ3n) is 10.9. The highest BCUT2D eigenvalue weighted by molar-refractivity contribution is 7.99. The molecule has 1 aliphatic heterocycles. The van der Waals surface area contributed by atoms with Crippen molar-refractivity contribution in [1.29, 1.82) is 0 Å². The van der Waals surface area contributed by atoms with Crippen molar-refractivity contribution in [3.8, 4) is 22.3 Å². The summed E-state index contributed by atoms with van der Waals surface area (Å²) in [4.78, 5) is 2.68. The fourth-order valence-corrected chi connectivity index (χ4v) is 9.54. The van der Waals surface area contributed by atoms with E-state index in [4.69, 9.17) is 0 Å². The molecule has 1 aliphatic carbocycles. The van der Waals surface area contributed by atoms with Crippen molar-refractivity contribution in [1.82, 2.24) is 0 Å². The van der Waals surface area contributed by atoms with E-state index in [9.17, 15) is 0 Å². The second-order valence-electron chi connectivity index (χ2n) is 15.8. The molecule has 0 saturated heterocycles. The zero-order chi connectivity index (χ0) is 33.0. The topological polar surface area (TPSA) is 0 Å². The lowest BCUT2D eigenvalue weighted by atomic mass is 9.66. The van der Waals surface area contributed by atoms with Crippen LogP contribution >= 0.6 is 11.8 Å². The van der Waals surface area contributed by atoms with Crippen LogP contribution in [0.1, 0.15) is 74.9 Å². The molecule has 7 aromatic rings. The third kappa shape index (κ3) is 4.17. The van der Waals surface area contributed by atoms with Crippen molar-refractivity contribution in [2.75, 3.05) is 0 Å². The zero-order valence-corrected chi connectivity index (χ0v) is 29.4. The number of hydrogen-bond donors (Lipinski definition) is 0. The fraction of sp³-hybridized carbons (Fsp3) is 0.191. The summed E-state index contributed by atoms with van der Waals surface area (Å²) in [7, 11) is 0. The van der Waals surface area contributed by atoms with E-state index in [0.29, 0.717) is 0 Å². The van der Waals surface area contributed by atoms with Crippen molar-refractivity contribution in [3.63, 3.8) is 0 Å². The second-order valence-corrected chi connectivity index (χ2v) is 16.9. The van der Waals surface area contributed by atoms with Gasteiger partial charge in [0.1, 0.15) is 0 Å². The lowest BCUT2D eigenvalue weighted by molar-refractivity contribution is 0.588. The van der Waals surface area contributed by atoms with Gasteiger partial charge in [-0.15, -0.1) is 0 Å². The van der Waals surface area contributed by atoms with Crippen molar-refractivity contribution in [3.05, 3.63) is 167 Å². The number of hydrogen-bond acceptors (Lipinski definition) is 1. The molecule has 0 spiro atoms. The van der Waals surface area contributed by atoms with Gasteiger partial charge in [0.25, 0.3) is 0 Å². The fourth-order valence-electron chi connectivity index (χ4n) is 8.37. The Bertz CT molecular complexity index is 2350. The maximum Gasteiger partial charge on any atom is 0.0714 e. The van der Waals surface area contributed by atoms with Crippen LogP contribution < -0.4 is 0 Å². The summed E-state index contributed by atoms with van der Waals surface area (Å²) in [6.45, 7) is 13.8. The Balaban J connectivity index is 1.43. The minimum absolute atomic E-state index is 0.0735. The normalized spacial score (nSPS) is 14.5. The lowest BCUT2D eigenvalue weighted by Crippen LogP contribution is -2.29. The second kappa shape index (κ2) is 10.2. The minimum Gasteiger partial charge on any atom is -0.0888 e. The Hall–Kier alpha value is -4.59. The average molecular weight is 637 g/mol. The Morgan fingerprint density at radius 2 is 1.06 bits per heavy atom. The van der Waals surface area contributed by atoms with E-state index < -0.39 is 5.41 Å². The summed E-state index contributed by atoms with van der Waals surface area (Å²) in [6.07, 6.45) is 0. The molecule has 0 saturated carbocycles. The first-order chi connectivity index (χ1) is 23.0. The van der Waals surface area contributed by atoms with Crippen molar-refractivity contribution in [2.24, 2.45) is 0 Å². The van der Waals surface area contributed by atoms with E-state index in [1.807, 2.05) is 11.8 Å². The molecule has 0 atom stereocenters. The molecule has 0 fully saturated rings. The van der Waals surface area contributed by atoms with Crippen molar-refractivity contribution >= 4 is 33.3 Å². The zero-order valence-electron chi connectivity index (χ0n) is 28.6. The predicted octanol–water partition coefficient (Wildman–Crippen LogP) is 13.1. The van der Waals surface area contributed by atoms with Crippen LogP contribution in [0.15, 0.2) is 143 Å². The van der Waals surface area contributed by atoms with Crippen LogP contribution in [0.2, 0.25) is 0 Å². The molecular formula is C47H40S. The molecule has 48 heavy (non-hydrogen) atoms. The molecule has 0 aromatic heterocycles. The molecule has 0 nitrogen and oxygen atoms in total. The number of fused-ring (bicyclic) bond motifs is 7. The summed E-state index contributed by atoms with van der Waals surface area (Å²) in [5, 5.41) is 5.27. The van der Waals surface area contributed by atoms with Gasteiger partial charge in [-0.2, -0.15) is 0 Å². The highest BCUT2D eigenvalue weighted by Gasteiger charge is 2.47. The highest BCUT2D eigenvalue weighted by atomic mass is 32.2. The van der Waals surface area contributed by atoms with Gasteiger partial charge in [0.15, 0.2) is 0 Å².